The molecule has 1 aliphatic carbocycles. The van der Waals surface area contributed by atoms with Gasteiger partial charge in [-0.05, 0) is 47.3 Å². The van der Waals surface area contributed by atoms with Gasteiger partial charge in [0.25, 0.3) is 0 Å². The van der Waals surface area contributed by atoms with Crippen LogP contribution in [0.15, 0.2) is 22.7 Å². The molecular formula is C14H18BrNO4S. The molecule has 2 N–H and O–H groups in total. The Morgan fingerprint density at radius 3 is 2.76 bits per heavy atom. The molecule has 2 unspecified atom stereocenters. The average Bonchev–Trinajstić information content (AvgIpc) is 2.41. The molecule has 1 aromatic rings. The van der Waals surface area contributed by atoms with Crippen LogP contribution in [0.25, 0.3) is 0 Å². The first-order valence-electron chi connectivity index (χ1n) is 6.73. The highest BCUT2D eigenvalue weighted by atomic mass is 79.9. The molecule has 0 aromatic heterocycles. The van der Waals surface area contributed by atoms with E-state index in [2.05, 4.69) is 15.9 Å². The van der Waals surface area contributed by atoms with Crippen LogP contribution in [0.3, 0.4) is 0 Å². The first-order valence-corrected chi connectivity index (χ1v) is 9.47. The highest BCUT2D eigenvalue weighted by Crippen LogP contribution is 2.29. The van der Waals surface area contributed by atoms with E-state index in [0.717, 1.165) is 6.42 Å². The normalized spacial score (nSPS) is 22.8. The fourth-order valence-corrected chi connectivity index (χ4v) is 4.11. The van der Waals surface area contributed by atoms with Crippen LogP contribution < -0.4 is 5.73 Å². The van der Waals surface area contributed by atoms with Gasteiger partial charge in [0.05, 0.1) is 15.3 Å². The monoisotopic (exact) mass is 375 g/mol. The topological polar surface area (TPSA) is 86.5 Å². The molecule has 1 saturated carbocycles. The van der Waals surface area contributed by atoms with Gasteiger partial charge in [0.1, 0.15) is 15.9 Å². The summed E-state index contributed by atoms with van der Waals surface area (Å²) in [6.07, 6.45) is 3.31. The summed E-state index contributed by atoms with van der Waals surface area (Å²) < 4.78 is 29.2. The Morgan fingerprint density at radius 1 is 1.38 bits per heavy atom. The lowest BCUT2D eigenvalue weighted by Crippen LogP contribution is -2.33. The van der Waals surface area contributed by atoms with Gasteiger partial charge >= 0.3 is 5.97 Å². The molecule has 7 heteroatoms. The number of hydrogen-bond acceptors (Lipinski definition) is 5. The maximum absolute atomic E-state index is 12.2. The lowest BCUT2D eigenvalue weighted by Gasteiger charge is -2.27. The van der Waals surface area contributed by atoms with E-state index in [1.165, 1.54) is 6.26 Å². The molecule has 0 heterocycles. The molecule has 0 radical (unpaired) electrons. The standard InChI is InChI=1S/C14H18BrNO4S/c1-21(18,19)10-5-2-4-9(8-10)20-14(17)11-6-3-7-12(16)13(11)15/h3,6-7,9-10H,2,4-5,8,16H2,1H3. The van der Waals surface area contributed by atoms with Crippen LogP contribution in [-0.4, -0.2) is 32.0 Å². The predicted octanol–water partition coefficient (Wildman–Crippen LogP) is 2.54. The van der Waals surface area contributed by atoms with E-state index in [1.54, 1.807) is 18.2 Å². The molecule has 0 saturated heterocycles. The van der Waals surface area contributed by atoms with Crippen molar-refractivity contribution in [2.24, 2.45) is 0 Å². The van der Waals surface area contributed by atoms with E-state index in [0.29, 0.717) is 35.0 Å². The van der Waals surface area contributed by atoms with Crippen molar-refractivity contribution < 1.29 is 17.9 Å². The molecule has 1 aromatic carbocycles. The van der Waals surface area contributed by atoms with Crippen molar-refractivity contribution in [3.8, 4) is 0 Å². The zero-order valence-electron chi connectivity index (χ0n) is 11.7. The van der Waals surface area contributed by atoms with Gasteiger partial charge in [-0.3, -0.25) is 0 Å². The van der Waals surface area contributed by atoms with E-state index in [9.17, 15) is 13.2 Å². The van der Waals surface area contributed by atoms with Crippen molar-refractivity contribution in [2.45, 2.75) is 37.0 Å². The molecule has 2 atom stereocenters. The maximum Gasteiger partial charge on any atom is 0.339 e. The predicted molar refractivity (Wildman–Crippen MR) is 84.9 cm³/mol. The zero-order valence-corrected chi connectivity index (χ0v) is 14.1. The number of carbonyl (C=O) groups is 1. The Hall–Kier alpha value is -1.08. The Balaban J connectivity index is 2.08. The Bertz CT molecular complexity index is 644. The molecule has 1 fully saturated rings. The van der Waals surface area contributed by atoms with Gasteiger partial charge in [-0.15, -0.1) is 0 Å². The van der Waals surface area contributed by atoms with Gasteiger partial charge in [-0.2, -0.15) is 0 Å². The fraction of sp³-hybridized carbons (Fsp3) is 0.500. The zero-order chi connectivity index (χ0) is 15.6. The summed E-state index contributed by atoms with van der Waals surface area (Å²) in [5.41, 5.74) is 6.55. The molecule has 0 aliphatic heterocycles. The summed E-state index contributed by atoms with van der Waals surface area (Å²) in [6.45, 7) is 0. The van der Waals surface area contributed by atoms with Crippen molar-refractivity contribution in [1.29, 1.82) is 0 Å². The van der Waals surface area contributed by atoms with Gasteiger partial charge in [-0.1, -0.05) is 6.07 Å². The van der Waals surface area contributed by atoms with E-state index < -0.39 is 21.1 Å². The van der Waals surface area contributed by atoms with Crippen LogP contribution in [0.4, 0.5) is 5.69 Å². The van der Waals surface area contributed by atoms with Crippen LogP contribution in [0, 0.1) is 0 Å². The number of esters is 1. The number of benzene rings is 1. The number of rotatable bonds is 3. The van der Waals surface area contributed by atoms with Crippen molar-refractivity contribution >= 4 is 37.4 Å². The number of anilines is 1. The summed E-state index contributed by atoms with van der Waals surface area (Å²) >= 11 is 3.27. The number of ether oxygens (including phenoxy) is 1. The second-order valence-corrected chi connectivity index (χ2v) is 8.47. The first-order chi connectivity index (χ1) is 9.79. The molecule has 0 spiro atoms. The van der Waals surface area contributed by atoms with E-state index in [1.807, 2.05) is 0 Å². The smallest absolute Gasteiger partial charge is 0.339 e. The number of sulfone groups is 1. The van der Waals surface area contributed by atoms with Crippen LogP contribution in [0.5, 0.6) is 0 Å². The molecule has 2 rings (SSSR count). The summed E-state index contributed by atoms with van der Waals surface area (Å²) in [7, 11) is -3.09. The summed E-state index contributed by atoms with van der Waals surface area (Å²) in [5.74, 6) is -0.478. The number of halogens is 1. The molecule has 21 heavy (non-hydrogen) atoms. The SMILES string of the molecule is CS(=O)(=O)C1CCCC(OC(=O)c2cccc(N)c2Br)C1. The summed E-state index contributed by atoms with van der Waals surface area (Å²) in [6, 6.07) is 4.98. The summed E-state index contributed by atoms with van der Waals surface area (Å²) in [5, 5.41) is -0.423. The van der Waals surface area contributed by atoms with Crippen LogP contribution in [-0.2, 0) is 14.6 Å². The van der Waals surface area contributed by atoms with Crippen LogP contribution in [0.1, 0.15) is 36.0 Å². The first kappa shape index (κ1) is 16.3. The molecule has 0 bridgehead atoms. The van der Waals surface area contributed by atoms with Crippen LogP contribution >= 0.6 is 15.9 Å². The van der Waals surface area contributed by atoms with Gasteiger partial charge in [0.2, 0.25) is 0 Å². The molecule has 5 nitrogen and oxygen atoms in total. The van der Waals surface area contributed by atoms with Crippen molar-refractivity contribution in [3.05, 3.63) is 28.2 Å². The average molecular weight is 376 g/mol. The largest absolute Gasteiger partial charge is 0.459 e. The molecule has 116 valence electrons. The van der Waals surface area contributed by atoms with E-state index in [4.69, 9.17) is 10.5 Å². The van der Waals surface area contributed by atoms with Gasteiger partial charge in [-0.25, -0.2) is 13.2 Å². The van der Waals surface area contributed by atoms with E-state index in [-0.39, 0.29) is 6.10 Å². The van der Waals surface area contributed by atoms with Gasteiger partial charge < -0.3 is 10.5 Å². The molecule has 1 aliphatic rings. The van der Waals surface area contributed by atoms with Crippen molar-refractivity contribution in [1.82, 2.24) is 0 Å². The van der Waals surface area contributed by atoms with Crippen molar-refractivity contribution in [3.63, 3.8) is 0 Å². The number of nitrogens with two attached hydrogens (primary N) is 1. The molecular weight excluding hydrogens is 358 g/mol. The fourth-order valence-electron chi connectivity index (χ4n) is 2.52. The minimum atomic E-state index is -3.09. The van der Waals surface area contributed by atoms with Gasteiger partial charge in [0.15, 0.2) is 0 Å². The minimum Gasteiger partial charge on any atom is -0.459 e. The number of hydrogen-bond donors (Lipinski definition) is 1. The third kappa shape index (κ3) is 3.97. The van der Waals surface area contributed by atoms with Crippen LogP contribution in [0.2, 0.25) is 0 Å². The number of nitrogen functional groups attached to an aromatic ring is 1. The maximum atomic E-state index is 12.2. The number of carbonyl (C=O) groups excluding carboxylic acids is 1. The Morgan fingerprint density at radius 2 is 2.10 bits per heavy atom. The van der Waals surface area contributed by atoms with Gasteiger partial charge in [0, 0.05) is 18.4 Å². The molecule has 0 amide bonds. The quantitative estimate of drug-likeness (QED) is 0.647. The minimum absolute atomic E-state index is 0.358. The summed E-state index contributed by atoms with van der Waals surface area (Å²) in [4.78, 5) is 12.2. The van der Waals surface area contributed by atoms with Crippen molar-refractivity contribution in [2.75, 3.05) is 12.0 Å². The second-order valence-electron chi connectivity index (χ2n) is 5.35. The highest BCUT2D eigenvalue weighted by molar-refractivity contribution is 9.10. The third-order valence-electron chi connectivity index (χ3n) is 3.71. The third-order valence-corrected chi connectivity index (χ3v) is 6.23. The highest BCUT2D eigenvalue weighted by Gasteiger charge is 2.31. The van der Waals surface area contributed by atoms with E-state index >= 15 is 0 Å². The Labute approximate surface area is 132 Å². The lowest BCUT2D eigenvalue weighted by molar-refractivity contribution is 0.0214. The second kappa shape index (κ2) is 6.36. The lowest BCUT2D eigenvalue weighted by atomic mass is 9.97. The Kier molecular flexibility index (Phi) is 4.93.